The number of aryl methyl sites for hydroxylation is 1. The molecular weight excluding hydrogens is 358 g/mol. The van der Waals surface area contributed by atoms with Crippen LogP contribution in [0.15, 0.2) is 30.3 Å². The van der Waals surface area contributed by atoms with Crippen molar-refractivity contribution in [3.05, 3.63) is 47.3 Å². The van der Waals surface area contributed by atoms with Gasteiger partial charge in [-0.15, -0.1) is 0 Å². The van der Waals surface area contributed by atoms with Crippen molar-refractivity contribution in [1.82, 2.24) is 15.3 Å². The maximum atomic E-state index is 12.9. The summed E-state index contributed by atoms with van der Waals surface area (Å²) < 4.78 is 30.7. The second-order valence-electron chi connectivity index (χ2n) is 6.07. The fourth-order valence-electron chi connectivity index (χ4n) is 2.15. The average molecular weight is 378 g/mol. The topological polar surface area (TPSA) is 93.2 Å². The number of alkyl halides is 2. The summed E-state index contributed by atoms with van der Waals surface area (Å²) in [5.41, 5.74) is 1.35. The molecule has 144 valence electrons. The van der Waals surface area contributed by atoms with Gasteiger partial charge in [-0.1, -0.05) is 6.07 Å². The first kappa shape index (κ1) is 20.2. The number of nitrogens with one attached hydrogen (secondary N) is 2. The molecule has 0 aliphatic heterocycles. The van der Waals surface area contributed by atoms with Crippen molar-refractivity contribution in [3.8, 4) is 5.88 Å². The van der Waals surface area contributed by atoms with E-state index in [1.165, 1.54) is 19.1 Å². The van der Waals surface area contributed by atoms with Crippen molar-refractivity contribution < 1.29 is 23.1 Å². The van der Waals surface area contributed by atoms with Crippen LogP contribution in [0.5, 0.6) is 5.88 Å². The minimum absolute atomic E-state index is 0.0518. The summed E-state index contributed by atoms with van der Waals surface area (Å²) in [5.74, 6) is -3.31. The summed E-state index contributed by atoms with van der Waals surface area (Å²) in [4.78, 5) is 31.7. The summed E-state index contributed by atoms with van der Waals surface area (Å²) in [6.07, 6.45) is 0. The molecule has 27 heavy (non-hydrogen) atoms. The van der Waals surface area contributed by atoms with Gasteiger partial charge in [0.25, 0.3) is 11.8 Å². The second-order valence-corrected chi connectivity index (χ2v) is 6.07. The van der Waals surface area contributed by atoms with E-state index in [0.717, 1.165) is 6.92 Å². The third-order valence-corrected chi connectivity index (χ3v) is 3.20. The maximum absolute atomic E-state index is 12.9. The van der Waals surface area contributed by atoms with Gasteiger partial charge in [0.1, 0.15) is 5.82 Å². The molecule has 0 aromatic carbocycles. The molecule has 0 aliphatic rings. The number of pyridine rings is 2. The van der Waals surface area contributed by atoms with Gasteiger partial charge in [0.05, 0.1) is 12.2 Å². The molecular formula is C18H20F2N4O3. The van der Waals surface area contributed by atoms with E-state index in [4.69, 9.17) is 4.74 Å². The normalized spacial score (nSPS) is 11.0. The lowest BCUT2D eigenvalue weighted by atomic mass is 10.2. The van der Waals surface area contributed by atoms with Crippen LogP contribution in [-0.2, 0) is 11.3 Å². The van der Waals surface area contributed by atoms with Gasteiger partial charge >= 0.3 is 0 Å². The van der Waals surface area contributed by atoms with E-state index in [0.29, 0.717) is 17.0 Å². The Morgan fingerprint density at radius 2 is 1.96 bits per heavy atom. The number of amides is 2. The Balaban J connectivity index is 2.01. The molecule has 0 fully saturated rings. The van der Waals surface area contributed by atoms with Crippen molar-refractivity contribution in [2.75, 3.05) is 11.9 Å². The van der Waals surface area contributed by atoms with Gasteiger partial charge in [-0.05, 0) is 25.1 Å². The van der Waals surface area contributed by atoms with Gasteiger partial charge < -0.3 is 15.4 Å². The molecule has 2 rings (SSSR count). The smallest absolute Gasteiger partial charge is 0.278 e. The Morgan fingerprint density at radius 1 is 1.22 bits per heavy atom. The monoisotopic (exact) mass is 378 g/mol. The predicted molar refractivity (Wildman–Crippen MR) is 94.8 cm³/mol. The minimum Gasteiger partial charge on any atom is -0.471 e. The van der Waals surface area contributed by atoms with Crippen molar-refractivity contribution in [3.63, 3.8) is 0 Å². The van der Waals surface area contributed by atoms with E-state index in [1.54, 1.807) is 25.1 Å². The molecule has 2 N–H and O–H groups in total. The SMILES string of the molecule is CC(=O)Nc1cc(C(=O)NCc2cccc(OCC(C)(F)F)n2)cc(C)n1. The van der Waals surface area contributed by atoms with Crippen molar-refractivity contribution >= 4 is 17.6 Å². The number of carbonyl (C=O) groups excluding carboxylic acids is 2. The Morgan fingerprint density at radius 3 is 2.63 bits per heavy atom. The number of anilines is 1. The fourth-order valence-corrected chi connectivity index (χ4v) is 2.15. The van der Waals surface area contributed by atoms with Crippen LogP contribution < -0.4 is 15.4 Å². The summed E-state index contributed by atoms with van der Waals surface area (Å²) in [7, 11) is 0. The summed E-state index contributed by atoms with van der Waals surface area (Å²) in [6.45, 7) is 3.10. The number of hydrogen-bond donors (Lipinski definition) is 2. The molecule has 2 aromatic rings. The van der Waals surface area contributed by atoms with E-state index in [-0.39, 0.29) is 30.1 Å². The van der Waals surface area contributed by atoms with Gasteiger partial charge in [-0.2, -0.15) is 0 Å². The van der Waals surface area contributed by atoms with E-state index in [1.807, 2.05) is 0 Å². The van der Waals surface area contributed by atoms with Crippen LogP contribution in [0.3, 0.4) is 0 Å². The zero-order chi connectivity index (χ0) is 20.0. The van der Waals surface area contributed by atoms with Gasteiger partial charge in [0, 0.05) is 31.2 Å². The molecule has 0 saturated heterocycles. The molecule has 0 atom stereocenters. The number of nitrogens with zero attached hydrogens (tertiary/aromatic N) is 2. The lowest BCUT2D eigenvalue weighted by Gasteiger charge is -2.12. The second kappa shape index (κ2) is 8.52. The van der Waals surface area contributed by atoms with Crippen LogP contribution in [-0.4, -0.2) is 34.3 Å². The van der Waals surface area contributed by atoms with E-state index < -0.39 is 12.5 Å². The summed E-state index contributed by atoms with van der Waals surface area (Å²) >= 11 is 0. The molecule has 0 bridgehead atoms. The maximum Gasteiger partial charge on any atom is 0.278 e. The van der Waals surface area contributed by atoms with Gasteiger partial charge in [-0.3, -0.25) is 9.59 Å². The summed E-state index contributed by atoms with van der Waals surface area (Å²) in [5, 5.41) is 5.21. The molecule has 9 heteroatoms. The Hall–Kier alpha value is -3.10. The number of aromatic nitrogens is 2. The van der Waals surface area contributed by atoms with Crippen LogP contribution >= 0.6 is 0 Å². The Bertz CT molecular complexity index is 838. The first-order valence-corrected chi connectivity index (χ1v) is 8.13. The fraction of sp³-hybridized carbons (Fsp3) is 0.333. The van der Waals surface area contributed by atoms with Crippen LogP contribution in [0, 0.1) is 6.92 Å². The molecule has 0 saturated carbocycles. The number of carbonyl (C=O) groups is 2. The van der Waals surface area contributed by atoms with Gasteiger partial charge in [0.2, 0.25) is 11.8 Å². The molecule has 2 heterocycles. The highest BCUT2D eigenvalue weighted by molar-refractivity contribution is 5.96. The molecule has 0 spiro atoms. The van der Waals surface area contributed by atoms with Crippen LogP contribution in [0.25, 0.3) is 0 Å². The number of halogens is 2. The molecule has 0 unspecified atom stereocenters. The van der Waals surface area contributed by atoms with Crippen molar-refractivity contribution in [2.24, 2.45) is 0 Å². The van der Waals surface area contributed by atoms with Crippen molar-refractivity contribution in [1.29, 1.82) is 0 Å². The predicted octanol–water partition coefficient (Wildman–Crippen LogP) is 2.71. The standard InChI is InChI=1S/C18H20F2N4O3/c1-11-7-13(8-15(22-11)23-12(2)25)17(26)21-9-14-5-4-6-16(24-14)27-10-18(3,19)20/h4-8H,9-10H2,1-3H3,(H,21,26)(H,22,23,25). The Kier molecular flexibility index (Phi) is 6.38. The summed E-state index contributed by atoms with van der Waals surface area (Å²) in [6, 6.07) is 7.74. The largest absolute Gasteiger partial charge is 0.471 e. The minimum atomic E-state index is -2.96. The first-order chi connectivity index (χ1) is 12.6. The van der Waals surface area contributed by atoms with Gasteiger partial charge in [0.15, 0.2) is 6.61 Å². The zero-order valence-corrected chi connectivity index (χ0v) is 15.2. The third-order valence-electron chi connectivity index (χ3n) is 3.20. The lowest BCUT2D eigenvalue weighted by molar-refractivity contribution is -0.114. The molecule has 2 aromatic heterocycles. The van der Waals surface area contributed by atoms with Crippen LogP contribution in [0.1, 0.15) is 35.6 Å². The molecule has 0 radical (unpaired) electrons. The van der Waals surface area contributed by atoms with E-state index in [2.05, 4.69) is 20.6 Å². The zero-order valence-electron chi connectivity index (χ0n) is 15.2. The molecule has 2 amide bonds. The molecule has 0 aliphatic carbocycles. The van der Waals surface area contributed by atoms with Crippen molar-refractivity contribution in [2.45, 2.75) is 33.2 Å². The average Bonchev–Trinajstić information content (AvgIpc) is 2.56. The van der Waals surface area contributed by atoms with Crippen LogP contribution in [0.4, 0.5) is 14.6 Å². The highest BCUT2D eigenvalue weighted by Crippen LogP contribution is 2.15. The highest BCUT2D eigenvalue weighted by Gasteiger charge is 2.22. The highest BCUT2D eigenvalue weighted by atomic mass is 19.3. The number of ether oxygens (including phenoxy) is 1. The number of hydrogen-bond acceptors (Lipinski definition) is 5. The van der Waals surface area contributed by atoms with E-state index >= 15 is 0 Å². The van der Waals surface area contributed by atoms with Crippen LogP contribution in [0.2, 0.25) is 0 Å². The number of rotatable bonds is 7. The quantitative estimate of drug-likeness (QED) is 0.773. The molecule has 7 nitrogen and oxygen atoms in total. The third kappa shape index (κ3) is 6.96. The van der Waals surface area contributed by atoms with Gasteiger partial charge in [-0.25, -0.2) is 18.7 Å². The van der Waals surface area contributed by atoms with E-state index in [9.17, 15) is 18.4 Å². The first-order valence-electron chi connectivity index (χ1n) is 8.13. The Labute approximate surface area is 155 Å². The lowest BCUT2D eigenvalue weighted by Crippen LogP contribution is -2.24.